The van der Waals surface area contributed by atoms with Crippen molar-refractivity contribution >= 4 is 5.82 Å². The van der Waals surface area contributed by atoms with Crippen LogP contribution in [0.4, 0.5) is 5.82 Å². The van der Waals surface area contributed by atoms with Crippen molar-refractivity contribution in [1.82, 2.24) is 4.98 Å². The first-order chi connectivity index (χ1) is 8.27. The predicted molar refractivity (Wildman–Crippen MR) is 67.6 cm³/mol. The van der Waals surface area contributed by atoms with Gasteiger partial charge in [0.25, 0.3) is 0 Å². The molecule has 1 atom stereocenters. The summed E-state index contributed by atoms with van der Waals surface area (Å²) in [5.41, 5.74) is 7.35. The van der Waals surface area contributed by atoms with Crippen LogP contribution in [0.15, 0.2) is 18.3 Å². The van der Waals surface area contributed by atoms with Crippen molar-refractivity contribution in [1.29, 1.82) is 0 Å². The summed E-state index contributed by atoms with van der Waals surface area (Å²) in [6, 6.07) is 4.08. The second-order valence-electron chi connectivity index (χ2n) is 5.50. The van der Waals surface area contributed by atoms with E-state index in [2.05, 4.69) is 11.1 Å². The van der Waals surface area contributed by atoms with Crippen LogP contribution < -0.4 is 5.73 Å². The molecule has 1 spiro atoms. The molecule has 1 aliphatic heterocycles. The highest BCUT2D eigenvalue weighted by Gasteiger charge is 2.42. The van der Waals surface area contributed by atoms with Gasteiger partial charge < -0.3 is 10.5 Å². The number of hydrogen-bond acceptors (Lipinski definition) is 3. The average molecular weight is 232 g/mol. The summed E-state index contributed by atoms with van der Waals surface area (Å²) in [5, 5.41) is 0. The highest BCUT2D eigenvalue weighted by atomic mass is 16.5. The second-order valence-corrected chi connectivity index (χ2v) is 5.50. The summed E-state index contributed by atoms with van der Waals surface area (Å²) >= 11 is 0. The van der Waals surface area contributed by atoms with Gasteiger partial charge in [-0.25, -0.2) is 4.98 Å². The predicted octanol–water partition coefficient (Wildman–Crippen LogP) is 2.56. The number of pyridine rings is 1. The van der Waals surface area contributed by atoms with Gasteiger partial charge >= 0.3 is 0 Å². The third-order valence-corrected chi connectivity index (χ3v) is 4.29. The van der Waals surface area contributed by atoms with Gasteiger partial charge in [-0.1, -0.05) is 6.07 Å². The summed E-state index contributed by atoms with van der Waals surface area (Å²) in [6.45, 7) is 0.921. The van der Waals surface area contributed by atoms with Crippen LogP contribution in [0.25, 0.3) is 0 Å². The van der Waals surface area contributed by atoms with Gasteiger partial charge in [0.15, 0.2) is 0 Å². The van der Waals surface area contributed by atoms with Crippen LogP contribution in [0, 0.1) is 5.92 Å². The fourth-order valence-corrected chi connectivity index (χ4v) is 3.16. The number of anilines is 1. The SMILES string of the molecule is Nc1ncccc1CC1CCOC2(CCC2)C1. The Morgan fingerprint density at radius 3 is 3.06 bits per heavy atom. The third-order valence-electron chi connectivity index (χ3n) is 4.29. The van der Waals surface area contributed by atoms with E-state index in [1.807, 2.05) is 6.07 Å². The quantitative estimate of drug-likeness (QED) is 0.852. The molecule has 1 aliphatic carbocycles. The fourth-order valence-electron chi connectivity index (χ4n) is 3.16. The van der Waals surface area contributed by atoms with Crippen molar-refractivity contribution < 1.29 is 4.74 Å². The van der Waals surface area contributed by atoms with Crippen LogP contribution >= 0.6 is 0 Å². The number of nitrogens with zero attached hydrogens (tertiary/aromatic N) is 1. The Hall–Kier alpha value is -1.09. The molecule has 0 bridgehead atoms. The van der Waals surface area contributed by atoms with E-state index in [9.17, 15) is 0 Å². The van der Waals surface area contributed by atoms with Gasteiger partial charge in [-0.15, -0.1) is 0 Å². The van der Waals surface area contributed by atoms with E-state index in [1.165, 1.54) is 31.2 Å². The number of aromatic nitrogens is 1. The molecule has 1 aromatic heterocycles. The van der Waals surface area contributed by atoms with E-state index in [4.69, 9.17) is 10.5 Å². The summed E-state index contributed by atoms with van der Waals surface area (Å²) in [7, 11) is 0. The standard InChI is InChI=1S/C14H20N2O/c15-13-12(3-1-7-16-13)9-11-4-8-17-14(10-11)5-2-6-14/h1,3,7,11H,2,4-6,8-10H2,(H2,15,16). The molecule has 1 unspecified atom stereocenters. The van der Waals surface area contributed by atoms with Crippen molar-refractivity contribution in [2.45, 2.75) is 44.1 Å². The Bertz CT molecular complexity index is 401. The Morgan fingerprint density at radius 1 is 1.47 bits per heavy atom. The Kier molecular flexibility index (Phi) is 2.79. The zero-order valence-electron chi connectivity index (χ0n) is 10.2. The highest BCUT2D eigenvalue weighted by molar-refractivity contribution is 5.38. The summed E-state index contributed by atoms with van der Waals surface area (Å²) in [4.78, 5) is 4.16. The number of ether oxygens (including phenoxy) is 1. The van der Waals surface area contributed by atoms with E-state index in [0.29, 0.717) is 5.82 Å². The maximum Gasteiger partial charge on any atom is 0.126 e. The third kappa shape index (κ3) is 2.16. The summed E-state index contributed by atoms with van der Waals surface area (Å²) in [5.74, 6) is 1.41. The Labute approximate surface area is 102 Å². The molecule has 0 amide bonds. The van der Waals surface area contributed by atoms with Crippen LogP contribution in [0.2, 0.25) is 0 Å². The smallest absolute Gasteiger partial charge is 0.126 e. The number of rotatable bonds is 2. The molecule has 2 heterocycles. The second kappa shape index (κ2) is 4.30. The molecule has 17 heavy (non-hydrogen) atoms. The first-order valence-corrected chi connectivity index (χ1v) is 6.61. The largest absolute Gasteiger partial charge is 0.383 e. The maximum absolute atomic E-state index is 5.95. The van der Waals surface area contributed by atoms with Crippen molar-refractivity contribution in [3.05, 3.63) is 23.9 Å². The number of nitrogen functional groups attached to an aromatic ring is 1. The molecule has 2 N–H and O–H groups in total. The minimum absolute atomic E-state index is 0.236. The highest BCUT2D eigenvalue weighted by Crippen LogP contribution is 2.45. The molecule has 3 rings (SSSR count). The Morgan fingerprint density at radius 2 is 2.35 bits per heavy atom. The lowest BCUT2D eigenvalue weighted by Crippen LogP contribution is -2.45. The lowest BCUT2D eigenvalue weighted by Gasteiger charge is -2.47. The van der Waals surface area contributed by atoms with Gasteiger partial charge in [-0.05, 0) is 56.1 Å². The van der Waals surface area contributed by atoms with Gasteiger partial charge in [-0.2, -0.15) is 0 Å². The average Bonchev–Trinajstić information content (AvgIpc) is 2.31. The fraction of sp³-hybridized carbons (Fsp3) is 0.643. The summed E-state index contributed by atoms with van der Waals surface area (Å²) in [6.07, 6.45) is 9.04. The van der Waals surface area contributed by atoms with Crippen molar-refractivity contribution in [3.8, 4) is 0 Å². The zero-order valence-corrected chi connectivity index (χ0v) is 10.2. The minimum atomic E-state index is 0.236. The van der Waals surface area contributed by atoms with Crippen molar-refractivity contribution in [2.24, 2.45) is 5.92 Å². The van der Waals surface area contributed by atoms with Crippen molar-refractivity contribution in [3.63, 3.8) is 0 Å². The minimum Gasteiger partial charge on any atom is -0.383 e. The molecule has 0 aromatic carbocycles. The first-order valence-electron chi connectivity index (χ1n) is 6.61. The molecular formula is C14H20N2O. The molecule has 1 aromatic rings. The summed E-state index contributed by atoms with van der Waals surface area (Å²) < 4.78 is 5.95. The van der Waals surface area contributed by atoms with E-state index in [-0.39, 0.29) is 5.60 Å². The van der Waals surface area contributed by atoms with Crippen LogP contribution in [0.5, 0.6) is 0 Å². The van der Waals surface area contributed by atoms with Crippen LogP contribution in [0.1, 0.15) is 37.7 Å². The van der Waals surface area contributed by atoms with Gasteiger partial charge in [0, 0.05) is 12.8 Å². The van der Waals surface area contributed by atoms with E-state index < -0.39 is 0 Å². The zero-order chi connectivity index (χ0) is 11.7. The van der Waals surface area contributed by atoms with Gasteiger partial charge in [0.05, 0.1) is 5.60 Å². The van der Waals surface area contributed by atoms with E-state index in [1.54, 1.807) is 6.20 Å². The lowest BCUT2D eigenvalue weighted by molar-refractivity contribution is -0.143. The van der Waals surface area contributed by atoms with Gasteiger partial charge in [0.1, 0.15) is 5.82 Å². The number of hydrogen-bond donors (Lipinski definition) is 1. The first kappa shape index (κ1) is 11.0. The molecule has 2 aliphatic rings. The molecule has 2 fully saturated rings. The molecule has 1 saturated carbocycles. The molecule has 3 nitrogen and oxygen atoms in total. The molecule has 0 radical (unpaired) electrons. The topological polar surface area (TPSA) is 48.1 Å². The molecule has 1 saturated heterocycles. The van der Waals surface area contributed by atoms with Gasteiger partial charge in [0.2, 0.25) is 0 Å². The van der Waals surface area contributed by atoms with E-state index in [0.717, 1.165) is 25.4 Å². The van der Waals surface area contributed by atoms with Crippen molar-refractivity contribution in [2.75, 3.05) is 12.3 Å². The lowest BCUT2D eigenvalue weighted by atomic mass is 9.71. The maximum atomic E-state index is 5.95. The van der Waals surface area contributed by atoms with Gasteiger partial charge in [-0.3, -0.25) is 0 Å². The molecular weight excluding hydrogens is 212 g/mol. The van der Waals surface area contributed by atoms with Crippen LogP contribution in [-0.2, 0) is 11.2 Å². The number of nitrogens with two attached hydrogens (primary N) is 1. The molecule has 92 valence electrons. The Balaban J connectivity index is 1.67. The monoisotopic (exact) mass is 232 g/mol. The molecule has 3 heteroatoms. The van der Waals surface area contributed by atoms with Crippen LogP contribution in [0.3, 0.4) is 0 Å². The normalized spacial score (nSPS) is 26.7. The van der Waals surface area contributed by atoms with Crippen LogP contribution in [-0.4, -0.2) is 17.2 Å². The van der Waals surface area contributed by atoms with E-state index >= 15 is 0 Å².